The van der Waals surface area contributed by atoms with Gasteiger partial charge in [-0.2, -0.15) is 23.4 Å². The van der Waals surface area contributed by atoms with Crippen LogP contribution in [0, 0.1) is 6.92 Å². The number of fused-ring (bicyclic) bond motifs is 3. The normalized spacial score (nSPS) is 18.2. The molecule has 4 aromatic rings. The van der Waals surface area contributed by atoms with E-state index in [-0.39, 0.29) is 21.9 Å². The number of carbonyl (C=O) groups is 1. The van der Waals surface area contributed by atoms with Crippen LogP contribution in [0.15, 0.2) is 36.9 Å². The van der Waals surface area contributed by atoms with E-state index in [1.165, 1.54) is 29.5 Å². The lowest BCUT2D eigenvalue weighted by Gasteiger charge is -2.28. The number of hydrogen-bond donors (Lipinski definition) is 1. The summed E-state index contributed by atoms with van der Waals surface area (Å²) < 4.78 is 44.1. The average Bonchev–Trinajstić information content (AvgIpc) is 3.43. The van der Waals surface area contributed by atoms with E-state index < -0.39 is 24.2 Å². The molecule has 0 saturated heterocycles. The van der Waals surface area contributed by atoms with E-state index >= 15 is 0 Å². The Labute approximate surface area is 189 Å². The van der Waals surface area contributed by atoms with Crippen LogP contribution in [0.25, 0.3) is 22.7 Å². The first kappa shape index (κ1) is 21.2. The van der Waals surface area contributed by atoms with Gasteiger partial charge in [0.2, 0.25) is 0 Å². The minimum absolute atomic E-state index is 0.0810. The van der Waals surface area contributed by atoms with E-state index in [2.05, 4.69) is 20.2 Å². The number of alkyl halides is 3. The predicted molar refractivity (Wildman–Crippen MR) is 113 cm³/mol. The van der Waals surface area contributed by atoms with Crippen LogP contribution in [0.4, 0.5) is 23.7 Å². The Kier molecular flexibility index (Phi) is 4.44. The van der Waals surface area contributed by atoms with Gasteiger partial charge in [-0.05, 0) is 26.0 Å². The minimum atomic E-state index is -4.64. The van der Waals surface area contributed by atoms with E-state index in [1.54, 1.807) is 23.6 Å². The number of aryl methyl sites for hydroxylation is 1. The number of amides is 2. The molecule has 5 heterocycles. The van der Waals surface area contributed by atoms with Crippen molar-refractivity contribution in [3.8, 4) is 17.1 Å². The Morgan fingerprint density at radius 3 is 2.58 bits per heavy atom. The van der Waals surface area contributed by atoms with Crippen molar-refractivity contribution >= 4 is 29.0 Å². The number of rotatable bonds is 2. The highest BCUT2D eigenvalue weighted by Gasteiger charge is 2.59. The van der Waals surface area contributed by atoms with Crippen molar-refractivity contribution in [2.75, 3.05) is 11.4 Å². The molecule has 33 heavy (non-hydrogen) atoms. The molecule has 0 aliphatic carbocycles. The molecule has 5 rings (SSSR count). The highest BCUT2D eigenvalue weighted by atomic mass is 35.5. The van der Waals surface area contributed by atoms with Crippen LogP contribution in [-0.4, -0.2) is 48.1 Å². The molecule has 13 heteroatoms. The number of primary amides is 1. The average molecular weight is 477 g/mol. The Bertz CT molecular complexity index is 1420. The third-order valence-corrected chi connectivity index (χ3v) is 6.14. The number of aromatic nitrogens is 6. The molecule has 4 aromatic heterocycles. The molecule has 0 saturated carbocycles. The fourth-order valence-electron chi connectivity index (χ4n) is 4.25. The van der Waals surface area contributed by atoms with Crippen LogP contribution in [0.5, 0.6) is 0 Å². The van der Waals surface area contributed by atoms with Gasteiger partial charge in [-0.3, -0.25) is 9.30 Å². The molecule has 0 spiro atoms. The number of imidazole rings is 1. The number of nitrogens with two attached hydrogens (primary N) is 1. The van der Waals surface area contributed by atoms with Crippen LogP contribution in [-0.2, 0) is 5.41 Å². The van der Waals surface area contributed by atoms with Crippen molar-refractivity contribution in [2.24, 2.45) is 5.73 Å². The topological polar surface area (TPSA) is 107 Å². The zero-order valence-corrected chi connectivity index (χ0v) is 18.1. The molecular weight excluding hydrogens is 461 g/mol. The maximum absolute atomic E-state index is 14.2. The highest BCUT2D eigenvalue weighted by Crippen LogP contribution is 2.52. The Morgan fingerprint density at radius 2 is 1.97 bits per heavy atom. The van der Waals surface area contributed by atoms with Gasteiger partial charge in [0.25, 0.3) is 0 Å². The maximum Gasteiger partial charge on any atom is 0.400 e. The van der Waals surface area contributed by atoms with Gasteiger partial charge < -0.3 is 5.73 Å². The molecule has 9 nitrogen and oxygen atoms in total. The zero-order chi connectivity index (χ0) is 23.7. The molecule has 1 aliphatic heterocycles. The Balaban J connectivity index is 1.74. The summed E-state index contributed by atoms with van der Waals surface area (Å²) in [6.07, 6.45) is 1.39. The SMILES string of the molecule is Cc1nc2c3c(ccn2c1-c1cnc(-n2nccn2)c(Cl)c1)N(C(N)=O)CC3(C)C(F)(F)F. The summed E-state index contributed by atoms with van der Waals surface area (Å²) in [5, 5.41) is 8.25. The van der Waals surface area contributed by atoms with Crippen LogP contribution in [0.1, 0.15) is 18.2 Å². The lowest BCUT2D eigenvalue weighted by Crippen LogP contribution is -2.46. The summed E-state index contributed by atoms with van der Waals surface area (Å²) in [5.41, 5.74) is 4.61. The Hall–Kier alpha value is -3.67. The van der Waals surface area contributed by atoms with E-state index in [0.717, 1.165) is 11.8 Å². The molecular formula is C20H16ClF3N8O. The van der Waals surface area contributed by atoms with Gasteiger partial charge >= 0.3 is 12.2 Å². The summed E-state index contributed by atoms with van der Waals surface area (Å²) in [7, 11) is 0. The fourth-order valence-corrected chi connectivity index (χ4v) is 4.50. The monoisotopic (exact) mass is 476 g/mol. The standard InChI is InChI=1S/C20H16ClF3N8O/c1-10-15(11-7-12(21)16(26-8-11)32-27-4-5-28-32)30-6-3-13-14(17(30)29-10)19(2,20(22,23)24)9-31(13)18(25)33/h3-8H,9H2,1-2H3,(H2,25,33). The summed E-state index contributed by atoms with van der Waals surface area (Å²) in [5.74, 6) is 0.305. The quantitative estimate of drug-likeness (QED) is 0.475. The second-order valence-corrected chi connectivity index (χ2v) is 8.32. The van der Waals surface area contributed by atoms with Gasteiger partial charge in [0.15, 0.2) is 5.82 Å². The van der Waals surface area contributed by atoms with Crippen molar-refractivity contribution in [1.29, 1.82) is 0 Å². The number of urea groups is 1. The van der Waals surface area contributed by atoms with Crippen molar-refractivity contribution in [1.82, 2.24) is 29.4 Å². The number of nitrogens with zero attached hydrogens (tertiary/aromatic N) is 7. The summed E-state index contributed by atoms with van der Waals surface area (Å²) in [6, 6.07) is 2.09. The van der Waals surface area contributed by atoms with Gasteiger partial charge in [0.05, 0.1) is 34.5 Å². The minimum Gasteiger partial charge on any atom is -0.351 e. The molecule has 0 fully saturated rings. The van der Waals surface area contributed by atoms with Crippen molar-refractivity contribution < 1.29 is 18.0 Å². The molecule has 2 amide bonds. The van der Waals surface area contributed by atoms with Crippen LogP contribution < -0.4 is 10.6 Å². The molecule has 0 radical (unpaired) electrons. The number of carbonyl (C=O) groups excluding carboxylic acids is 1. The lowest BCUT2D eigenvalue weighted by atomic mass is 9.84. The Morgan fingerprint density at radius 1 is 1.27 bits per heavy atom. The molecule has 1 unspecified atom stereocenters. The van der Waals surface area contributed by atoms with E-state index in [9.17, 15) is 18.0 Å². The summed E-state index contributed by atoms with van der Waals surface area (Å²) in [4.78, 5) is 22.8. The molecule has 0 bridgehead atoms. The second-order valence-electron chi connectivity index (χ2n) is 7.92. The van der Waals surface area contributed by atoms with Gasteiger partial charge in [0.1, 0.15) is 11.1 Å². The summed E-state index contributed by atoms with van der Waals surface area (Å²) >= 11 is 6.39. The van der Waals surface area contributed by atoms with Gasteiger partial charge in [-0.25, -0.2) is 14.8 Å². The molecule has 1 atom stereocenters. The van der Waals surface area contributed by atoms with Crippen molar-refractivity contribution in [3.05, 3.63) is 53.2 Å². The first-order valence-electron chi connectivity index (χ1n) is 9.71. The number of anilines is 1. The molecule has 170 valence electrons. The third kappa shape index (κ3) is 2.97. The zero-order valence-electron chi connectivity index (χ0n) is 17.3. The second kappa shape index (κ2) is 6.91. The van der Waals surface area contributed by atoms with E-state index in [1.807, 2.05) is 0 Å². The summed E-state index contributed by atoms with van der Waals surface area (Å²) in [6.45, 7) is 2.10. The van der Waals surface area contributed by atoms with Crippen LogP contribution in [0.2, 0.25) is 5.02 Å². The molecule has 2 N–H and O–H groups in total. The van der Waals surface area contributed by atoms with E-state index in [4.69, 9.17) is 17.3 Å². The van der Waals surface area contributed by atoms with Gasteiger partial charge in [0, 0.05) is 30.1 Å². The van der Waals surface area contributed by atoms with E-state index in [0.29, 0.717) is 22.8 Å². The largest absolute Gasteiger partial charge is 0.400 e. The number of pyridine rings is 2. The third-order valence-electron chi connectivity index (χ3n) is 5.86. The lowest BCUT2D eigenvalue weighted by molar-refractivity contribution is -0.180. The predicted octanol–water partition coefficient (Wildman–Crippen LogP) is 3.66. The first-order chi connectivity index (χ1) is 15.5. The number of halogens is 4. The highest BCUT2D eigenvalue weighted by molar-refractivity contribution is 6.32. The van der Waals surface area contributed by atoms with Crippen molar-refractivity contribution in [2.45, 2.75) is 25.4 Å². The van der Waals surface area contributed by atoms with Crippen molar-refractivity contribution in [3.63, 3.8) is 0 Å². The van der Waals surface area contributed by atoms with Gasteiger partial charge in [-0.15, -0.1) is 4.80 Å². The van der Waals surface area contributed by atoms with Crippen LogP contribution in [0.3, 0.4) is 0 Å². The molecule has 0 aromatic carbocycles. The number of hydrogen-bond acceptors (Lipinski definition) is 5. The van der Waals surface area contributed by atoms with Gasteiger partial charge in [-0.1, -0.05) is 11.6 Å². The van der Waals surface area contributed by atoms with Crippen LogP contribution >= 0.6 is 11.6 Å². The molecule has 1 aliphatic rings. The fraction of sp³-hybridized carbons (Fsp3) is 0.250. The smallest absolute Gasteiger partial charge is 0.351 e. The first-order valence-corrected chi connectivity index (χ1v) is 10.1. The maximum atomic E-state index is 14.2.